The number of rotatable bonds is 10. The van der Waals surface area contributed by atoms with Crippen LogP contribution in [0, 0.1) is 10.8 Å². The molecule has 5 atom stereocenters. The zero-order valence-electron chi connectivity index (χ0n) is 26.3. The molecule has 0 aliphatic carbocycles. The molecule has 44 heavy (non-hydrogen) atoms. The summed E-state index contributed by atoms with van der Waals surface area (Å²) in [6, 6.07) is 27.9. The van der Waals surface area contributed by atoms with Crippen LogP contribution in [0.4, 0.5) is 0 Å². The van der Waals surface area contributed by atoms with E-state index in [1.165, 1.54) is 11.1 Å². The molecule has 234 valence electrons. The van der Waals surface area contributed by atoms with Gasteiger partial charge in [0, 0.05) is 23.4 Å². The second kappa shape index (κ2) is 12.7. The largest absolute Gasteiger partial charge is 0.496 e. The maximum absolute atomic E-state index is 13.5. The lowest BCUT2D eigenvalue weighted by Gasteiger charge is -2.56. The van der Waals surface area contributed by atoms with E-state index in [4.69, 9.17) is 4.74 Å². The van der Waals surface area contributed by atoms with Gasteiger partial charge in [-0.15, -0.1) is 0 Å². The number of piperidine rings is 2. The third-order valence-electron chi connectivity index (χ3n) is 11.0. The van der Waals surface area contributed by atoms with Crippen molar-refractivity contribution in [3.05, 3.63) is 102 Å². The Hall–Kier alpha value is -3.68. The minimum absolute atomic E-state index is 0.0580. The van der Waals surface area contributed by atoms with Crippen LogP contribution in [0.1, 0.15) is 69.1 Å². The third-order valence-corrected chi connectivity index (χ3v) is 11.0. The van der Waals surface area contributed by atoms with Crippen LogP contribution in [0.2, 0.25) is 0 Å². The molecule has 2 aliphatic rings. The third kappa shape index (κ3) is 5.30. The molecule has 7 nitrogen and oxygen atoms in total. The summed E-state index contributed by atoms with van der Waals surface area (Å²) in [7, 11) is 1.55. The zero-order chi connectivity index (χ0) is 31.5. The van der Waals surface area contributed by atoms with Crippen LogP contribution >= 0.6 is 0 Å². The van der Waals surface area contributed by atoms with E-state index in [0.29, 0.717) is 24.2 Å². The van der Waals surface area contributed by atoms with Gasteiger partial charge in [-0.05, 0) is 88.8 Å². The normalized spacial score (nSPS) is 28.7. The molecule has 0 aromatic heterocycles. The summed E-state index contributed by atoms with van der Waals surface area (Å²) >= 11 is 0. The van der Waals surface area contributed by atoms with Crippen LogP contribution in [0.15, 0.2) is 84.9 Å². The van der Waals surface area contributed by atoms with E-state index in [1.54, 1.807) is 20.1 Å². The Bertz CT molecular complexity index is 1400. The van der Waals surface area contributed by atoms with Gasteiger partial charge in [-0.25, -0.2) is 0 Å². The standard InChI is InChI=1S/C37H46N2O5/c1-26-35(3,33(40)41)32(30-18-11-12-19-31(30)44-4)37(34(42)43,27(2)38-26)20-13-23-39-24-21-36(22-25-39,28-14-7-5-8-15-28)29-16-9-6-10-17-29/h5-12,14-19,26-27,32,38H,13,20-25H2,1-4H3,(H,40,41)(H,42,43). The molecular weight excluding hydrogens is 552 g/mol. The lowest BCUT2D eigenvalue weighted by Crippen LogP contribution is -2.68. The number of hydrogen-bond donors (Lipinski definition) is 3. The summed E-state index contributed by atoms with van der Waals surface area (Å²) in [6.07, 6.45) is 2.93. The number of carbonyl (C=O) groups is 2. The fourth-order valence-corrected chi connectivity index (χ4v) is 8.33. The molecule has 0 amide bonds. The quantitative estimate of drug-likeness (QED) is 0.256. The summed E-state index contributed by atoms with van der Waals surface area (Å²) in [5.41, 5.74) is 0.504. The molecule has 0 radical (unpaired) electrons. The summed E-state index contributed by atoms with van der Waals surface area (Å²) < 4.78 is 5.69. The Morgan fingerprint density at radius 3 is 1.91 bits per heavy atom. The van der Waals surface area contributed by atoms with Crippen molar-refractivity contribution < 1.29 is 24.5 Å². The zero-order valence-corrected chi connectivity index (χ0v) is 26.3. The highest BCUT2D eigenvalue weighted by atomic mass is 16.5. The van der Waals surface area contributed by atoms with Crippen molar-refractivity contribution in [1.29, 1.82) is 0 Å². The molecule has 2 heterocycles. The lowest BCUT2D eigenvalue weighted by atomic mass is 9.51. The first-order valence-electron chi connectivity index (χ1n) is 15.8. The topological polar surface area (TPSA) is 99.1 Å². The number of aliphatic carboxylic acids is 2. The monoisotopic (exact) mass is 598 g/mol. The summed E-state index contributed by atoms with van der Waals surface area (Å²) in [5, 5.41) is 25.1. The second-order valence-electron chi connectivity index (χ2n) is 13.0. The van der Waals surface area contributed by atoms with E-state index in [9.17, 15) is 19.8 Å². The Morgan fingerprint density at radius 2 is 1.39 bits per heavy atom. The van der Waals surface area contributed by atoms with Crippen molar-refractivity contribution in [2.45, 2.75) is 69.9 Å². The van der Waals surface area contributed by atoms with Crippen molar-refractivity contribution >= 4 is 11.9 Å². The highest BCUT2D eigenvalue weighted by molar-refractivity contribution is 5.84. The van der Waals surface area contributed by atoms with Gasteiger partial charge in [0.25, 0.3) is 0 Å². The van der Waals surface area contributed by atoms with Crippen LogP contribution in [0.3, 0.4) is 0 Å². The first-order valence-corrected chi connectivity index (χ1v) is 15.8. The average Bonchev–Trinajstić information content (AvgIpc) is 3.04. The van der Waals surface area contributed by atoms with Gasteiger partial charge in [0.05, 0.1) is 17.9 Å². The molecule has 0 saturated carbocycles. The first-order chi connectivity index (χ1) is 21.1. The molecule has 0 bridgehead atoms. The predicted molar refractivity (Wildman–Crippen MR) is 172 cm³/mol. The van der Waals surface area contributed by atoms with Gasteiger partial charge < -0.3 is 25.2 Å². The van der Waals surface area contributed by atoms with Crippen LogP contribution in [-0.4, -0.2) is 65.9 Å². The molecule has 7 heteroatoms. The second-order valence-corrected chi connectivity index (χ2v) is 13.0. The van der Waals surface area contributed by atoms with Crippen molar-refractivity contribution in [2.24, 2.45) is 10.8 Å². The Kier molecular flexibility index (Phi) is 9.19. The van der Waals surface area contributed by atoms with Crippen LogP contribution in [0.5, 0.6) is 5.75 Å². The predicted octanol–water partition coefficient (Wildman–Crippen LogP) is 6.18. The number of carboxylic acids is 2. The number of ether oxygens (including phenoxy) is 1. The van der Waals surface area contributed by atoms with Crippen molar-refractivity contribution in [3.63, 3.8) is 0 Å². The highest BCUT2D eigenvalue weighted by Crippen LogP contribution is 2.58. The van der Waals surface area contributed by atoms with E-state index < -0.39 is 40.8 Å². The minimum atomic E-state index is -1.38. The number of nitrogens with zero attached hydrogens (tertiary/aromatic N) is 1. The van der Waals surface area contributed by atoms with E-state index in [-0.39, 0.29) is 5.41 Å². The van der Waals surface area contributed by atoms with E-state index in [2.05, 4.69) is 70.9 Å². The SMILES string of the molecule is COc1ccccc1C1C(C)(C(=O)O)C(C)NC(C)C1(CCCN1CCC(c2ccccc2)(c2ccccc2)CC1)C(=O)O. The molecule has 5 unspecified atom stereocenters. The van der Waals surface area contributed by atoms with Crippen molar-refractivity contribution in [1.82, 2.24) is 10.2 Å². The van der Waals surface area contributed by atoms with Crippen molar-refractivity contribution in [3.8, 4) is 5.75 Å². The van der Waals surface area contributed by atoms with Gasteiger partial charge in [0.15, 0.2) is 0 Å². The van der Waals surface area contributed by atoms with Gasteiger partial charge in [0.1, 0.15) is 5.75 Å². The molecule has 3 aromatic rings. The number of methoxy groups -OCH3 is 1. The fraction of sp³-hybridized carbons (Fsp3) is 0.459. The van der Waals surface area contributed by atoms with E-state index >= 15 is 0 Å². The Labute approximate surface area is 261 Å². The summed E-state index contributed by atoms with van der Waals surface area (Å²) in [5.74, 6) is -2.28. The molecule has 3 aromatic carbocycles. The smallest absolute Gasteiger partial charge is 0.311 e. The maximum atomic E-state index is 13.5. The molecule has 3 N–H and O–H groups in total. The molecule has 0 spiro atoms. The maximum Gasteiger partial charge on any atom is 0.311 e. The van der Waals surface area contributed by atoms with Gasteiger partial charge in [-0.2, -0.15) is 0 Å². The van der Waals surface area contributed by atoms with Crippen molar-refractivity contribution in [2.75, 3.05) is 26.7 Å². The molecular formula is C37H46N2O5. The van der Waals surface area contributed by atoms with Gasteiger partial charge in [-0.3, -0.25) is 9.59 Å². The minimum Gasteiger partial charge on any atom is -0.496 e. The van der Waals surface area contributed by atoms with Crippen LogP contribution in [0.25, 0.3) is 0 Å². The van der Waals surface area contributed by atoms with E-state index in [1.807, 2.05) is 32.0 Å². The molecule has 2 saturated heterocycles. The number of carboxylic acid groups (broad SMARTS) is 2. The van der Waals surface area contributed by atoms with Gasteiger partial charge >= 0.3 is 11.9 Å². The number of para-hydroxylation sites is 1. The molecule has 2 aliphatic heterocycles. The number of benzene rings is 3. The number of hydrogen-bond acceptors (Lipinski definition) is 5. The fourth-order valence-electron chi connectivity index (χ4n) is 8.33. The Balaban J connectivity index is 1.41. The summed E-state index contributed by atoms with van der Waals surface area (Å²) in [6.45, 7) is 7.97. The van der Waals surface area contributed by atoms with Crippen LogP contribution in [-0.2, 0) is 15.0 Å². The lowest BCUT2D eigenvalue weighted by molar-refractivity contribution is -0.171. The molecule has 5 rings (SSSR count). The van der Waals surface area contributed by atoms with Crippen LogP contribution < -0.4 is 10.1 Å². The Morgan fingerprint density at radius 1 is 0.841 bits per heavy atom. The number of likely N-dealkylation sites (tertiary alicyclic amines) is 1. The van der Waals surface area contributed by atoms with Gasteiger partial charge in [-0.1, -0.05) is 78.9 Å². The van der Waals surface area contributed by atoms with Gasteiger partial charge in [0.2, 0.25) is 0 Å². The number of nitrogens with one attached hydrogen (secondary N) is 1. The summed E-state index contributed by atoms with van der Waals surface area (Å²) in [4.78, 5) is 28.9. The first kappa shape index (κ1) is 31.7. The highest BCUT2D eigenvalue weighted by Gasteiger charge is 2.65. The molecule has 2 fully saturated rings. The van der Waals surface area contributed by atoms with E-state index in [0.717, 1.165) is 32.5 Å². The average molecular weight is 599 g/mol.